The molecule has 0 saturated heterocycles. The maximum atomic E-state index is 13.9. The van der Waals surface area contributed by atoms with Crippen molar-refractivity contribution in [1.29, 1.82) is 10.8 Å². The summed E-state index contributed by atoms with van der Waals surface area (Å²) in [6.07, 6.45) is 5.33. The van der Waals surface area contributed by atoms with E-state index in [9.17, 15) is 14.0 Å². The largest absolute Gasteiger partial charge is 0.452 e. The molecule has 2 atom stereocenters. The molecule has 0 unspecified atom stereocenters. The van der Waals surface area contributed by atoms with Crippen LogP contribution >= 0.6 is 0 Å². The molecule has 0 radical (unpaired) electrons. The Kier molecular flexibility index (Phi) is 5.92. The van der Waals surface area contributed by atoms with Crippen LogP contribution in [0.1, 0.15) is 44.7 Å². The maximum absolute atomic E-state index is 13.9. The van der Waals surface area contributed by atoms with Crippen molar-refractivity contribution >= 4 is 17.9 Å². The molecule has 1 aromatic carbocycles. The van der Waals surface area contributed by atoms with E-state index in [1.807, 2.05) is 29.9 Å². The minimum absolute atomic E-state index is 0.0542. The summed E-state index contributed by atoms with van der Waals surface area (Å²) >= 11 is 0. The highest BCUT2D eigenvalue weighted by atomic mass is 19.1. The first-order valence-electron chi connectivity index (χ1n) is 9.45. The molecule has 1 saturated carbocycles. The van der Waals surface area contributed by atoms with Crippen molar-refractivity contribution in [2.75, 3.05) is 4.90 Å². The Hall–Kier alpha value is -3.28. The molecular formula is C20H22FN5O3. The highest BCUT2D eigenvalue weighted by Gasteiger charge is 2.31. The highest BCUT2D eigenvalue weighted by molar-refractivity contribution is 5.95. The first-order valence-corrected chi connectivity index (χ1v) is 9.45. The summed E-state index contributed by atoms with van der Waals surface area (Å²) in [5.41, 5.74) is 2.96. The average molecular weight is 399 g/mol. The molecule has 8 nitrogen and oxygen atoms in total. The van der Waals surface area contributed by atoms with E-state index in [2.05, 4.69) is 5.10 Å². The second-order valence-corrected chi connectivity index (χ2v) is 7.26. The van der Waals surface area contributed by atoms with Gasteiger partial charge in [-0.05, 0) is 44.7 Å². The third-order valence-corrected chi connectivity index (χ3v) is 5.26. The molecule has 2 aliphatic rings. The van der Waals surface area contributed by atoms with Gasteiger partial charge in [0.15, 0.2) is 6.29 Å². The van der Waals surface area contributed by atoms with Crippen LogP contribution in [0.2, 0.25) is 0 Å². The van der Waals surface area contributed by atoms with Crippen molar-refractivity contribution < 1.29 is 18.7 Å². The van der Waals surface area contributed by atoms with Gasteiger partial charge in [0.1, 0.15) is 5.75 Å². The van der Waals surface area contributed by atoms with Crippen LogP contribution in [0.25, 0.3) is 11.1 Å². The third kappa shape index (κ3) is 3.97. The number of ether oxygens (including phenoxy) is 1. The van der Waals surface area contributed by atoms with E-state index in [1.165, 1.54) is 6.92 Å². The van der Waals surface area contributed by atoms with Crippen molar-refractivity contribution in [2.24, 2.45) is 0 Å². The Bertz CT molecular complexity index is 937. The molecule has 2 aromatic rings. The number of halogens is 1. The van der Waals surface area contributed by atoms with Crippen molar-refractivity contribution in [3.05, 3.63) is 30.1 Å². The Balaban J connectivity index is 0.00000117. The lowest BCUT2D eigenvalue weighted by Gasteiger charge is -2.36. The number of carbonyl (C=O) groups is 2. The summed E-state index contributed by atoms with van der Waals surface area (Å²) < 4.78 is 21.2. The maximum Gasteiger partial charge on any atom is 0.293 e. The zero-order valence-electron chi connectivity index (χ0n) is 16.3. The number of hydrogen-bond donors (Lipinski definition) is 0. The summed E-state index contributed by atoms with van der Waals surface area (Å²) in [6, 6.07) is 4.17. The van der Waals surface area contributed by atoms with E-state index >= 15 is 0 Å². The number of nitrogens with zero attached hydrogens (tertiary/aromatic N) is 5. The SMILES string of the molecule is CC(=O)N1c2ccc(-c3cnn(C4CC4)c3)c(O[C@@H](F)C=O)c2CC[C@@H]1C.N#N. The molecule has 0 N–H and O–H groups in total. The topological polar surface area (TPSA) is 112 Å². The smallest absolute Gasteiger partial charge is 0.293 e. The van der Waals surface area contributed by atoms with Gasteiger partial charge >= 0.3 is 0 Å². The van der Waals surface area contributed by atoms with Gasteiger partial charge in [0.25, 0.3) is 6.36 Å². The monoisotopic (exact) mass is 399 g/mol. The van der Waals surface area contributed by atoms with Crippen molar-refractivity contribution in [1.82, 2.24) is 9.78 Å². The number of amides is 1. The predicted molar refractivity (Wildman–Crippen MR) is 102 cm³/mol. The lowest BCUT2D eigenvalue weighted by molar-refractivity contribution is -0.120. The van der Waals surface area contributed by atoms with Crippen LogP contribution in [-0.2, 0) is 16.0 Å². The molecule has 1 aliphatic carbocycles. The zero-order chi connectivity index (χ0) is 21.1. The lowest BCUT2D eigenvalue weighted by atomic mass is 9.92. The highest BCUT2D eigenvalue weighted by Crippen LogP contribution is 2.44. The second-order valence-electron chi connectivity index (χ2n) is 7.26. The summed E-state index contributed by atoms with van der Waals surface area (Å²) in [4.78, 5) is 24.7. The first kappa shape index (κ1) is 20.5. The zero-order valence-corrected chi connectivity index (χ0v) is 16.3. The molecule has 1 aliphatic heterocycles. The van der Waals surface area contributed by atoms with Crippen LogP contribution in [0, 0.1) is 10.8 Å². The van der Waals surface area contributed by atoms with Gasteiger partial charge in [-0.15, -0.1) is 0 Å². The summed E-state index contributed by atoms with van der Waals surface area (Å²) in [6.45, 7) is 3.50. The van der Waals surface area contributed by atoms with Gasteiger partial charge in [-0.25, -0.2) is 0 Å². The third-order valence-electron chi connectivity index (χ3n) is 5.26. The van der Waals surface area contributed by atoms with Crippen LogP contribution in [0.4, 0.5) is 10.1 Å². The first-order chi connectivity index (χ1) is 14.0. The van der Waals surface area contributed by atoms with Crippen molar-refractivity contribution in [2.45, 2.75) is 58.0 Å². The number of carbonyl (C=O) groups excluding carboxylic acids is 2. The molecule has 0 bridgehead atoms. The second kappa shape index (κ2) is 8.39. The fourth-order valence-electron chi connectivity index (χ4n) is 3.80. The van der Waals surface area contributed by atoms with Gasteiger partial charge in [0.2, 0.25) is 5.91 Å². The van der Waals surface area contributed by atoms with Gasteiger partial charge in [-0.2, -0.15) is 9.49 Å². The molecule has 0 spiro atoms. The molecule has 9 heteroatoms. The van der Waals surface area contributed by atoms with E-state index in [0.717, 1.165) is 30.4 Å². The van der Waals surface area contributed by atoms with Gasteiger partial charge < -0.3 is 9.64 Å². The Morgan fingerprint density at radius 1 is 1.34 bits per heavy atom. The van der Waals surface area contributed by atoms with Crippen LogP contribution in [0.15, 0.2) is 24.5 Å². The fourth-order valence-corrected chi connectivity index (χ4v) is 3.80. The molecule has 2 heterocycles. The minimum atomic E-state index is -2.06. The standard InChI is InChI=1S/C20H22FN3O3.N2/c1-12-3-6-17-18(24(12)13(2)26)8-7-16(20(17)27-19(21)11-25)14-9-22-23(10-14)15-4-5-15;1-2/h7-12,15,19H,3-6H2,1-2H3;/t12-,19+;/m0./s1. The summed E-state index contributed by atoms with van der Waals surface area (Å²) in [5, 5.41) is 16.4. The summed E-state index contributed by atoms with van der Waals surface area (Å²) in [7, 11) is 0. The van der Waals surface area contributed by atoms with E-state index < -0.39 is 6.36 Å². The lowest BCUT2D eigenvalue weighted by Crippen LogP contribution is -2.41. The Morgan fingerprint density at radius 2 is 2.07 bits per heavy atom. The van der Waals surface area contributed by atoms with Gasteiger partial charge in [0, 0.05) is 46.6 Å². The van der Waals surface area contributed by atoms with Crippen LogP contribution < -0.4 is 9.64 Å². The molecule has 1 fully saturated rings. The van der Waals surface area contributed by atoms with E-state index in [-0.39, 0.29) is 18.2 Å². The minimum Gasteiger partial charge on any atom is -0.452 e. The van der Waals surface area contributed by atoms with E-state index in [0.29, 0.717) is 29.5 Å². The van der Waals surface area contributed by atoms with Crippen molar-refractivity contribution in [3.63, 3.8) is 0 Å². The molecule has 1 aromatic heterocycles. The van der Waals surface area contributed by atoms with Crippen LogP contribution in [0.5, 0.6) is 5.75 Å². The molecule has 152 valence electrons. The fraction of sp³-hybridized carbons (Fsp3) is 0.450. The Morgan fingerprint density at radius 3 is 2.69 bits per heavy atom. The number of rotatable bonds is 5. The number of alkyl halides is 1. The number of aromatic nitrogens is 2. The Labute approximate surface area is 167 Å². The molecule has 29 heavy (non-hydrogen) atoms. The number of fused-ring (bicyclic) bond motifs is 1. The number of benzene rings is 1. The quantitative estimate of drug-likeness (QED) is 0.562. The van der Waals surface area contributed by atoms with Crippen LogP contribution in [0.3, 0.4) is 0 Å². The van der Waals surface area contributed by atoms with E-state index in [1.54, 1.807) is 11.1 Å². The van der Waals surface area contributed by atoms with Gasteiger partial charge in [-0.3, -0.25) is 14.3 Å². The predicted octanol–water partition coefficient (Wildman–Crippen LogP) is 3.48. The molecular weight excluding hydrogens is 377 g/mol. The average Bonchev–Trinajstić information content (AvgIpc) is 3.46. The van der Waals surface area contributed by atoms with Gasteiger partial charge in [-0.1, -0.05) is 0 Å². The van der Waals surface area contributed by atoms with E-state index in [4.69, 9.17) is 15.5 Å². The molecule has 4 rings (SSSR count). The normalized spacial score (nSPS) is 18.8. The molecule has 1 amide bonds. The van der Waals surface area contributed by atoms with Crippen LogP contribution in [-0.4, -0.2) is 34.4 Å². The van der Waals surface area contributed by atoms with Gasteiger partial charge in [0.05, 0.1) is 17.9 Å². The van der Waals surface area contributed by atoms with Crippen molar-refractivity contribution in [3.8, 4) is 16.9 Å². The number of anilines is 1. The number of aldehydes is 1. The number of hydrogen-bond acceptors (Lipinski definition) is 6. The summed E-state index contributed by atoms with van der Waals surface area (Å²) in [5.74, 6) is 0.247.